The van der Waals surface area contributed by atoms with Crippen molar-refractivity contribution in [3.8, 4) is 0 Å². The number of rotatable bonds is 6. The van der Waals surface area contributed by atoms with E-state index in [0.29, 0.717) is 47.9 Å². The molecule has 116 valence electrons. The Labute approximate surface area is 134 Å². The Bertz CT molecular complexity index is 496. The summed E-state index contributed by atoms with van der Waals surface area (Å²) in [6.45, 7) is 3.24. The maximum Gasteiger partial charge on any atom is 0.255 e. The monoisotopic (exact) mass is 331 g/mol. The molecule has 1 aromatic carbocycles. The first-order valence-corrected chi connectivity index (χ1v) is 7.69. The van der Waals surface area contributed by atoms with E-state index >= 15 is 0 Å². The number of nitrogens with zero attached hydrogens (tertiary/aromatic N) is 1. The first-order chi connectivity index (χ1) is 10.1. The van der Waals surface area contributed by atoms with Crippen LogP contribution >= 0.6 is 23.2 Å². The minimum absolute atomic E-state index is 0.0677. The van der Waals surface area contributed by atoms with Gasteiger partial charge in [-0.2, -0.15) is 0 Å². The first kappa shape index (κ1) is 16.6. The molecule has 0 aromatic heterocycles. The topological polar surface area (TPSA) is 38.8 Å². The standard InChI is InChI=1S/C15H19Cl2NO3/c1-20-7-8-21-10-11-5-6-18(9-11)15(19)12-3-2-4-13(16)14(12)17/h2-4,11H,5-10H2,1H3/t11-/m0/s1. The van der Waals surface area contributed by atoms with E-state index in [1.54, 1.807) is 25.3 Å². The second kappa shape index (κ2) is 7.99. The van der Waals surface area contributed by atoms with Gasteiger partial charge in [-0.25, -0.2) is 0 Å². The van der Waals surface area contributed by atoms with Crippen LogP contribution in [0.25, 0.3) is 0 Å². The smallest absolute Gasteiger partial charge is 0.255 e. The molecule has 2 rings (SSSR count). The number of hydrogen-bond donors (Lipinski definition) is 0. The molecule has 0 N–H and O–H groups in total. The van der Waals surface area contributed by atoms with E-state index in [9.17, 15) is 4.79 Å². The van der Waals surface area contributed by atoms with Crippen molar-refractivity contribution >= 4 is 29.1 Å². The lowest BCUT2D eigenvalue weighted by molar-refractivity contribution is 0.0515. The Morgan fingerprint density at radius 3 is 2.95 bits per heavy atom. The zero-order valence-electron chi connectivity index (χ0n) is 12.0. The van der Waals surface area contributed by atoms with Crippen LogP contribution in [0.4, 0.5) is 0 Å². The van der Waals surface area contributed by atoms with Crippen LogP contribution < -0.4 is 0 Å². The molecule has 1 amide bonds. The molecule has 0 unspecified atom stereocenters. The summed E-state index contributed by atoms with van der Waals surface area (Å²) >= 11 is 12.1. The quantitative estimate of drug-likeness (QED) is 0.752. The van der Waals surface area contributed by atoms with Gasteiger partial charge in [0.25, 0.3) is 5.91 Å². The van der Waals surface area contributed by atoms with Crippen LogP contribution in [0, 0.1) is 5.92 Å². The zero-order valence-corrected chi connectivity index (χ0v) is 13.5. The fourth-order valence-electron chi connectivity index (χ4n) is 2.38. The van der Waals surface area contributed by atoms with Crippen LogP contribution in [0.2, 0.25) is 10.0 Å². The number of hydrogen-bond acceptors (Lipinski definition) is 3. The van der Waals surface area contributed by atoms with Crippen LogP contribution in [0.3, 0.4) is 0 Å². The third-order valence-corrected chi connectivity index (χ3v) is 4.36. The van der Waals surface area contributed by atoms with Gasteiger partial charge in [-0.3, -0.25) is 4.79 Å². The zero-order chi connectivity index (χ0) is 15.2. The minimum Gasteiger partial charge on any atom is -0.382 e. The Balaban J connectivity index is 1.89. The van der Waals surface area contributed by atoms with Crippen molar-refractivity contribution in [3.63, 3.8) is 0 Å². The van der Waals surface area contributed by atoms with E-state index in [-0.39, 0.29) is 5.91 Å². The number of carbonyl (C=O) groups is 1. The lowest BCUT2D eigenvalue weighted by atomic mass is 10.1. The number of methoxy groups -OCH3 is 1. The molecule has 0 aliphatic carbocycles. The van der Waals surface area contributed by atoms with Crippen molar-refractivity contribution in [2.45, 2.75) is 6.42 Å². The molecule has 1 aliphatic rings. The minimum atomic E-state index is -0.0677. The normalized spacial score (nSPS) is 18.2. The summed E-state index contributed by atoms with van der Waals surface area (Å²) < 4.78 is 10.5. The second-order valence-electron chi connectivity index (χ2n) is 5.07. The van der Waals surface area contributed by atoms with Gasteiger partial charge in [0.15, 0.2) is 0 Å². The van der Waals surface area contributed by atoms with E-state index in [4.69, 9.17) is 32.7 Å². The highest BCUT2D eigenvalue weighted by molar-refractivity contribution is 6.43. The molecule has 6 heteroatoms. The fourth-order valence-corrected chi connectivity index (χ4v) is 2.77. The molecule has 0 saturated carbocycles. The third-order valence-electron chi connectivity index (χ3n) is 3.54. The van der Waals surface area contributed by atoms with Gasteiger partial charge in [0.05, 0.1) is 35.4 Å². The summed E-state index contributed by atoms with van der Waals surface area (Å²) in [4.78, 5) is 14.3. The molecule has 1 atom stereocenters. The Morgan fingerprint density at radius 1 is 1.38 bits per heavy atom. The highest BCUT2D eigenvalue weighted by Gasteiger charge is 2.28. The molecule has 1 aromatic rings. The first-order valence-electron chi connectivity index (χ1n) is 6.93. The lowest BCUT2D eigenvalue weighted by Crippen LogP contribution is -2.29. The van der Waals surface area contributed by atoms with Crippen LogP contribution in [0.1, 0.15) is 16.8 Å². The SMILES string of the molecule is COCCOC[C@H]1CCN(C(=O)c2cccc(Cl)c2Cl)C1. The second-order valence-corrected chi connectivity index (χ2v) is 5.86. The molecule has 0 bridgehead atoms. The molecule has 1 fully saturated rings. The van der Waals surface area contributed by atoms with Crippen LogP contribution in [-0.4, -0.2) is 50.8 Å². The highest BCUT2D eigenvalue weighted by atomic mass is 35.5. The number of amides is 1. The third kappa shape index (κ3) is 4.33. The molecular weight excluding hydrogens is 313 g/mol. The van der Waals surface area contributed by atoms with E-state index in [2.05, 4.69) is 0 Å². The van der Waals surface area contributed by atoms with Gasteiger partial charge >= 0.3 is 0 Å². The summed E-state index contributed by atoms with van der Waals surface area (Å²) in [6, 6.07) is 5.12. The molecule has 1 saturated heterocycles. The van der Waals surface area contributed by atoms with Gasteiger partial charge in [-0.1, -0.05) is 29.3 Å². The average molecular weight is 332 g/mol. The number of carbonyl (C=O) groups excluding carboxylic acids is 1. The summed E-state index contributed by atoms with van der Waals surface area (Å²) in [6.07, 6.45) is 0.941. The van der Waals surface area contributed by atoms with Crippen LogP contribution in [0.5, 0.6) is 0 Å². The Kier molecular flexibility index (Phi) is 6.30. The van der Waals surface area contributed by atoms with Crippen LogP contribution in [0.15, 0.2) is 18.2 Å². The summed E-state index contributed by atoms with van der Waals surface area (Å²) in [5.74, 6) is 0.297. The van der Waals surface area contributed by atoms with Gasteiger partial charge < -0.3 is 14.4 Å². The van der Waals surface area contributed by atoms with Crippen molar-refractivity contribution < 1.29 is 14.3 Å². The molecule has 1 heterocycles. The maximum absolute atomic E-state index is 12.5. The lowest BCUT2D eigenvalue weighted by Gasteiger charge is -2.17. The predicted molar refractivity (Wildman–Crippen MR) is 83.2 cm³/mol. The molecule has 21 heavy (non-hydrogen) atoms. The number of likely N-dealkylation sites (tertiary alicyclic amines) is 1. The summed E-state index contributed by atoms with van der Waals surface area (Å²) in [7, 11) is 1.65. The van der Waals surface area contributed by atoms with Crippen molar-refractivity contribution in [1.29, 1.82) is 0 Å². The van der Waals surface area contributed by atoms with E-state index in [1.165, 1.54) is 0 Å². The van der Waals surface area contributed by atoms with Crippen LogP contribution in [-0.2, 0) is 9.47 Å². The van der Waals surface area contributed by atoms with Crippen molar-refractivity contribution in [2.75, 3.05) is 40.0 Å². The predicted octanol–water partition coefficient (Wildman–Crippen LogP) is 3.12. The molecule has 4 nitrogen and oxygen atoms in total. The number of halogens is 2. The summed E-state index contributed by atoms with van der Waals surface area (Å²) in [5.41, 5.74) is 0.463. The molecule has 0 radical (unpaired) electrons. The van der Waals surface area contributed by atoms with Crippen molar-refractivity contribution in [3.05, 3.63) is 33.8 Å². The molecule has 1 aliphatic heterocycles. The van der Waals surface area contributed by atoms with E-state index < -0.39 is 0 Å². The largest absolute Gasteiger partial charge is 0.382 e. The fraction of sp³-hybridized carbons (Fsp3) is 0.533. The summed E-state index contributed by atoms with van der Waals surface area (Å²) in [5, 5.41) is 0.727. The molecule has 0 spiro atoms. The Morgan fingerprint density at radius 2 is 2.19 bits per heavy atom. The number of benzene rings is 1. The van der Waals surface area contributed by atoms with Gasteiger partial charge in [0, 0.05) is 26.1 Å². The number of ether oxygens (including phenoxy) is 2. The Hall–Kier alpha value is -0.810. The van der Waals surface area contributed by atoms with Gasteiger partial charge in [0.1, 0.15) is 0 Å². The highest BCUT2D eigenvalue weighted by Crippen LogP contribution is 2.28. The van der Waals surface area contributed by atoms with E-state index in [1.807, 2.05) is 4.90 Å². The van der Waals surface area contributed by atoms with Gasteiger partial charge in [-0.15, -0.1) is 0 Å². The molecular formula is C15H19Cl2NO3. The van der Waals surface area contributed by atoms with Gasteiger partial charge in [0.2, 0.25) is 0 Å². The van der Waals surface area contributed by atoms with Gasteiger partial charge in [-0.05, 0) is 18.6 Å². The van der Waals surface area contributed by atoms with Crippen molar-refractivity contribution in [1.82, 2.24) is 4.90 Å². The van der Waals surface area contributed by atoms with Crippen molar-refractivity contribution in [2.24, 2.45) is 5.92 Å². The average Bonchev–Trinajstić information content (AvgIpc) is 2.95. The maximum atomic E-state index is 12.5. The van der Waals surface area contributed by atoms with E-state index in [0.717, 1.165) is 13.0 Å².